The molecule has 1 heterocycles. The molecule has 0 aliphatic carbocycles. The number of hydrogen-bond donors (Lipinski definition) is 2. The van der Waals surface area contributed by atoms with Crippen LogP contribution in [0.5, 0.6) is 5.75 Å². The highest BCUT2D eigenvalue weighted by molar-refractivity contribution is 6.40. The molecule has 26 heavy (non-hydrogen) atoms. The summed E-state index contributed by atoms with van der Waals surface area (Å²) in [6, 6.07) is 15.8. The minimum Gasteiger partial charge on any atom is -0.508 e. The van der Waals surface area contributed by atoms with E-state index >= 15 is 0 Å². The summed E-state index contributed by atoms with van der Waals surface area (Å²) in [4.78, 5) is 24.4. The average Bonchev–Trinajstić information content (AvgIpc) is 3.08. The topological polar surface area (TPSA) is 82.0 Å². The second-order valence-electron chi connectivity index (χ2n) is 6.23. The van der Waals surface area contributed by atoms with Crippen molar-refractivity contribution in [3.05, 3.63) is 60.2 Å². The van der Waals surface area contributed by atoms with Gasteiger partial charge in [-0.1, -0.05) is 30.3 Å². The number of phenolic OH excluding ortho intramolecular Hbond substituents is 1. The van der Waals surface area contributed by atoms with Crippen LogP contribution in [0.1, 0.15) is 18.9 Å². The van der Waals surface area contributed by atoms with Crippen LogP contribution < -0.4 is 10.3 Å². The number of carbonyl (C=O) groups is 2. The first-order valence-corrected chi connectivity index (χ1v) is 8.53. The van der Waals surface area contributed by atoms with Crippen molar-refractivity contribution in [1.82, 2.24) is 5.32 Å². The molecule has 2 aromatic carbocycles. The van der Waals surface area contributed by atoms with Gasteiger partial charge >= 0.3 is 0 Å². The molecule has 0 spiro atoms. The predicted molar refractivity (Wildman–Crippen MR) is 100 cm³/mol. The molecule has 1 atom stereocenters. The molecule has 0 bridgehead atoms. The number of Topliss-reactive ketones (excluding diaryl/α,β-unsaturated/α-hetero) is 1. The van der Waals surface area contributed by atoms with Gasteiger partial charge in [0.25, 0.3) is 5.91 Å². The fraction of sp³-hybridized carbons (Fsp3) is 0.250. The number of phenols is 1. The van der Waals surface area contributed by atoms with E-state index in [1.807, 2.05) is 36.4 Å². The van der Waals surface area contributed by atoms with Gasteiger partial charge in [-0.3, -0.25) is 14.6 Å². The smallest absolute Gasteiger partial charge is 0.267 e. The predicted octanol–water partition coefficient (Wildman–Crippen LogP) is 2.27. The summed E-state index contributed by atoms with van der Waals surface area (Å²) in [7, 11) is 0. The molecule has 0 fully saturated rings. The Labute approximate surface area is 152 Å². The molecule has 3 rings (SSSR count). The Morgan fingerprint density at radius 2 is 1.96 bits per heavy atom. The standard InChI is InChI=1S/C20H21N3O3/c1-14(24)19-13-18(22-23(19)16-7-3-2-4-8-16)20(26)21-11-10-15-6-5-9-17(25)12-15/h2-9,12,19,25H,10-11,13H2,1H3,(H,21,26). The fourth-order valence-electron chi connectivity index (χ4n) is 2.92. The molecule has 2 aromatic rings. The van der Waals surface area contributed by atoms with Gasteiger partial charge in [0, 0.05) is 13.0 Å². The Bertz CT molecular complexity index is 833. The molecule has 1 aliphatic heterocycles. The van der Waals surface area contributed by atoms with Gasteiger partial charge in [-0.2, -0.15) is 5.10 Å². The molecule has 134 valence electrons. The zero-order chi connectivity index (χ0) is 18.5. The maximum Gasteiger partial charge on any atom is 0.267 e. The monoisotopic (exact) mass is 351 g/mol. The summed E-state index contributed by atoms with van der Waals surface area (Å²) in [6.07, 6.45) is 0.897. The van der Waals surface area contributed by atoms with E-state index < -0.39 is 6.04 Å². The molecular weight excluding hydrogens is 330 g/mol. The highest BCUT2D eigenvalue weighted by Crippen LogP contribution is 2.25. The van der Waals surface area contributed by atoms with E-state index in [4.69, 9.17) is 0 Å². The van der Waals surface area contributed by atoms with E-state index in [1.165, 1.54) is 6.92 Å². The van der Waals surface area contributed by atoms with Crippen molar-refractivity contribution >= 4 is 23.1 Å². The molecule has 0 radical (unpaired) electrons. The van der Waals surface area contributed by atoms with E-state index in [-0.39, 0.29) is 17.4 Å². The van der Waals surface area contributed by atoms with Gasteiger partial charge in [0.15, 0.2) is 5.78 Å². The number of hydrazone groups is 1. The van der Waals surface area contributed by atoms with Crippen LogP contribution in [0, 0.1) is 0 Å². The van der Waals surface area contributed by atoms with E-state index in [9.17, 15) is 14.7 Å². The van der Waals surface area contributed by atoms with E-state index in [0.29, 0.717) is 25.1 Å². The van der Waals surface area contributed by atoms with Crippen molar-refractivity contribution in [1.29, 1.82) is 0 Å². The van der Waals surface area contributed by atoms with Gasteiger partial charge in [-0.15, -0.1) is 0 Å². The number of nitrogens with zero attached hydrogens (tertiary/aromatic N) is 2. The van der Waals surface area contributed by atoms with Crippen LogP contribution in [0.15, 0.2) is 59.7 Å². The quantitative estimate of drug-likeness (QED) is 0.836. The zero-order valence-corrected chi connectivity index (χ0v) is 14.6. The number of hydrogen-bond acceptors (Lipinski definition) is 5. The van der Waals surface area contributed by atoms with E-state index in [1.54, 1.807) is 23.2 Å². The van der Waals surface area contributed by atoms with Gasteiger partial charge in [0.05, 0.1) is 5.69 Å². The summed E-state index contributed by atoms with van der Waals surface area (Å²) in [6.45, 7) is 1.94. The maximum absolute atomic E-state index is 12.4. The molecule has 0 saturated carbocycles. The van der Waals surface area contributed by atoms with Gasteiger partial charge < -0.3 is 10.4 Å². The van der Waals surface area contributed by atoms with Crippen LogP contribution in [0.4, 0.5) is 5.69 Å². The number of aromatic hydroxyl groups is 1. The molecule has 1 aliphatic rings. The number of amides is 1. The third kappa shape index (κ3) is 4.08. The van der Waals surface area contributed by atoms with Crippen LogP contribution in [0.2, 0.25) is 0 Å². The van der Waals surface area contributed by atoms with Crippen LogP contribution in [-0.2, 0) is 16.0 Å². The third-order valence-electron chi connectivity index (χ3n) is 4.27. The van der Waals surface area contributed by atoms with Crippen LogP contribution >= 0.6 is 0 Å². The number of benzene rings is 2. The van der Waals surface area contributed by atoms with E-state index in [2.05, 4.69) is 10.4 Å². The summed E-state index contributed by atoms with van der Waals surface area (Å²) in [5, 5.41) is 18.3. The summed E-state index contributed by atoms with van der Waals surface area (Å²) >= 11 is 0. The van der Waals surface area contributed by atoms with Crippen molar-refractivity contribution in [3.63, 3.8) is 0 Å². The minimum atomic E-state index is -0.454. The first kappa shape index (κ1) is 17.7. The first-order chi connectivity index (χ1) is 12.5. The van der Waals surface area contributed by atoms with Crippen molar-refractivity contribution in [3.8, 4) is 5.75 Å². The Hall–Kier alpha value is -3.15. The van der Waals surface area contributed by atoms with Crippen molar-refractivity contribution in [2.75, 3.05) is 11.6 Å². The van der Waals surface area contributed by atoms with Crippen LogP contribution in [-0.4, -0.2) is 35.1 Å². The van der Waals surface area contributed by atoms with Crippen molar-refractivity contribution < 1.29 is 14.7 Å². The maximum atomic E-state index is 12.4. The number of carbonyl (C=O) groups excluding carboxylic acids is 2. The number of para-hydroxylation sites is 1. The average molecular weight is 351 g/mol. The molecule has 0 aromatic heterocycles. The number of anilines is 1. The normalized spacial score (nSPS) is 16.3. The first-order valence-electron chi connectivity index (χ1n) is 8.53. The zero-order valence-electron chi connectivity index (χ0n) is 14.6. The highest BCUT2D eigenvalue weighted by atomic mass is 16.3. The Balaban J connectivity index is 1.64. The SMILES string of the molecule is CC(=O)C1CC(C(=O)NCCc2cccc(O)c2)=NN1c1ccccc1. The number of ketones is 1. The highest BCUT2D eigenvalue weighted by Gasteiger charge is 2.33. The minimum absolute atomic E-state index is 0.0276. The summed E-state index contributed by atoms with van der Waals surface area (Å²) in [5.41, 5.74) is 2.08. The fourth-order valence-corrected chi connectivity index (χ4v) is 2.92. The molecular formula is C20H21N3O3. The lowest BCUT2D eigenvalue weighted by molar-refractivity contribution is -0.118. The van der Waals surface area contributed by atoms with E-state index in [0.717, 1.165) is 11.3 Å². The van der Waals surface area contributed by atoms with Crippen LogP contribution in [0.3, 0.4) is 0 Å². The molecule has 6 heteroatoms. The van der Waals surface area contributed by atoms with Gasteiger partial charge in [-0.25, -0.2) is 0 Å². The second-order valence-corrected chi connectivity index (χ2v) is 6.23. The molecule has 0 saturated heterocycles. The van der Waals surface area contributed by atoms with Crippen LogP contribution in [0.25, 0.3) is 0 Å². The summed E-state index contributed by atoms with van der Waals surface area (Å²) < 4.78 is 0. The Kier molecular flexibility index (Phi) is 5.31. The van der Waals surface area contributed by atoms with Crippen molar-refractivity contribution in [2.45, 2.75) is 25.8 Å². The molecule has 1 unspecified atom stereocenters. The lowest BCUT2D eigenvalue weighted by Crippen LogP contribution is -2.34. The lowest BCUT2D eigenvalue weighted by atomic mass is 10.1. The number of nitrogens with one attached hydrogen (secondary N) is 1. The van der Waals surface area contributed by atoms with Gasteiger partial charge in [-0.05, 0) is 43.2 Å². The molecule has 6 nitrogen and oxygen atoms in total. The second kappa shape index (κ2) is 7.82. The molecule has 1 amide bonds. The Morgan fingerprint density at radius 3 is 2.65 bits per heavy atom. The Morgan fingerprint density at radius 1 is 1.19 bits per heavy atom. The third-order valence-corrected chi connectivity index (χ3v) is 4.27. The largest absolute Gasteiger partial charge is 0.508 e. The van der Waals surface area contributed by atoms with Gasteiger partial charge in [0.2, 0.25) is 0 Å². The summed E-state index contributed by atoms with van der Waals surface area (Å²) in [5.74, 6) is -0.0909. The molecule has 2 N–H and O–H groups in total. The van der Waals surface area contributed by atoms with Crippen molar-refractivity contribution in [2.24, 2.45) is 5.10 Å². The number of rotatable bonds is 6. The van der Waals surface area contributed by atoms with Gasteiger partial charge in [0.1, 0.15) is 17.5 Å². The lowest BCUT2D eigenvalue weighted by Gasteiger charge is -2.20.